The molecular formula is C13H13N5O. The van der Waals surface area contributed by atoms with Crippen LogP contribution in [0.2, 0.25) is 0 Å². The van der Waals surface area contributed by atoms with Gasteiger partial charge in [0.1, 0.15) is 0 Å². The van der Waals surface area contributed by atoms with Crippen molar-refractivity contribution in [3.8, 4) is 17.0 Å². The zero-order valence-electron chi connectivity index (χ0n) is 10.4. The molecule has 0 amide bonds. The minimum atomic E-state index is 0.203. The molecule has 6 nitrogen and oxygen atoms in total. The predicted molar refractivity (Wildman–Crippen MR) is 73.8 cm³/mol. The molecule has 0 radical (unpaired) electrons. The molecule has 0 aliphatic heterocycles. The maximum absolute atomic E-state index is 5.81. The Kier molecular flexibility index (Phi) is 2.49. The maximum atomic E-state index is 5.81. The van der Waals surface area contributed by atoms with Gasteiger partial charge in [0.2, 0.25) is 5.95 Å². The molecule has 0 unspecified atom stereocenters. The molecule has 2 aromatic heterocycles. The van der Waals surface area contributed by atoms with E-state index in [2.05, 4.69) is 10.1 Å². The van der Waals surface area contributed by atoms with E-state index in [9.17, 15) is 0 Å². The van der Waals surface area contributed by atoms with Crippen molar-refractivity contribution in [2.45, 2.75) is 0 Å². The molecule has 4 N–H and O–H groups in total. The molecule has 0 aliphatic carbocycles. The average molecular weight is 255 g/mol. The van der Waals surface area contributed by atoms with Gasteiger partial charge in [-0.25, -0.2) is 4.52 Å². The summed E-state index contributed by atoms with van der Waals surface area (Å²) in [6, 6.07) is 11.3. The number of anilines is 2. The third-order valence-corrected chi connectivity index (χ3v) is 2.87. The van der Waals surface area contributed by atoms with E-state index in [1.54, 1.807) is 11.6 Å². The molecule has 0 saturated heterocycles. The molecule has 0 fully saturated rings. The Bertz CT molecular complexity index is 750. The first-order valence-corrected chi connectivity index (χ1v) is 5.74. The van der Waals surface area contributed by atoms with E-state index in [1.165, 1.54) is 0 Å². The Morgan fingerprint density at radius 2 is 2.00 bits per heavy atom. The number of pyridine rings is 1. The first-order chi connectivity index (χ1) is 9.19. The minimum absolute atomic E-state index is 0.203. The van der Waals surface area contributed by atoms with Gasteiger partial charge in [-0.05, 0) is 24.3 Å². The van der Waals surface area contributed by atoms with Crippen molar-refractivity contribution in [3.63, 3.8) is 0 Å². The Labute approximate surface area is 109 Å². The third kappa shape index (κ3) is 1.83. The van der Waals surface area contributed by atoms with Crippen LogP contribution in [0, 0.1) is 0 Å². The summed E-state index contributed by atoms with van der Waals surface area (Å²) in [6.07, 6.45) is 0. The lowest BCUT2D eigenvalue weighted by atomic mass is 10.1. The number of methoxy groups -OCH3 is 1. The summed E-state index contributed by atoms with van der Waals surface area (Å²) in [7, 11) is 1.58. The van der Waals surface area contributed by atoms with Crippen LogP contribution in [-0.4, -0.2) is 21.7 Å². The number of aromatic nitrogens is 3. The van der Waals surface area contributed by atoms with Gasteiger partial charge in [-0.2, -0.15) is 4.98 Å². The van der Waals surface area contributed by atoms with Crippen molar-refractivity contribution in [1.82, 2.24) is 14.6 Å². The van der Waals surface area contributed by atoms with E-state index >= 15 is 0 Å². The van der Waals surface area contributed by atoms with Gasteiger partial charge < -0.3 is 16.2 Å². The molecule has 3 aromatic rings. The van der Waals surface area contributed by atoms with Crippen LogP contribution in [0.25, 0.3) is 16.9 Å². The molecule has 2 heterocycles. The lowest BCUT2D eigenvalue weighted by Gasteiger charge is -2.07. The lowest BCUT2D eigenvalue weighted by Crippen LogP contribution is -1.97. The van der Waals surface area contributed by atoms with Crippen molar-refractivity contribution >= 4 is 17.3 Å². The fourth-order valence-corrected chi connectivity index (χ4v) is 2.03. The highest BCUT2D eigenvalue weighted by Crippen LogP contribution is 2.27. The highest BCUT2D eigenvalue weighted by atomic mass is 16.5. The summed E-state index contributed by atoms with van der Waals surface area (Å²) in [4.78, 5) is 4.17. The van der Waals surface area contributed by atoms with Gasteiger partial charge in [-0.3, -0.25) is 0 Å². The Morgan fingerprint density at radius 3 is 2.74 bits per heavy atom. The van der Waals surface area contributed by atoms with Crippen LogP contribution in [-0.2, 0) is 0 Å². The van der Waals surface area contributed by atoms with Crippen LogP contribution >= 0.6 is 0 Å². The fourth-order valence-electron chi connectivity index (χ4n) is 2.03. The summed E-state index contributed by atoms with van der Waals surface area (Å²) < 4.78 is 6.91. The maximum Gasteiger partial charge on any atom is 0.240 e. The Hall–Kier alpha value is -2.76. The molecule has 0 atom stereocenters. The number of hydrogen-bond donors (Lipinski definition) is 2. The molecule has 3 rings (SSSR count). The minimum Gasteiger partial charge on any atom is -0.493 e. The second-order valence-corrected chi connectivity index (χ2v) is 4.12. The van der Waals surface area contributed by atoms with Crippen LogP contribution in [0.1, 0.15) is 0 Å². The second-order valence-electron chi connectivity index (χ2n) is 4.12. The summed E-state index contributed by atoms with van der Waals surface area (Å²) in [5.41, 5.74) is 14.5. The quantitative estimate of drug-likeness (QED) is 0.678. The van der Waals surface area contributed by atoms with Crippen molar-refractivity contribution in [2.24, 2.45) is 0 Å². The molecule has 1 aromatic carbocycles. The van der Waals surface area contributed by atoms with E-state index < -0.39 is 0 Å². The van der Waals surface area contributed by atoms with Gasteiger partial charge in [0, 0.05) is 11.3 Å². The van der Waals surface area contributed by atoms with Gasteiger partial charge in [-0.1, -0.05) is 12.1 Å². The molecule has 0 saturated carbocycles. The first-order valence-electron chi connectivity index (χ1n) is 5.74. The zero-order chi connectivity index (χ0) is 13.4. The molecule has 19 heavy (non-hydrogen) atoms. The van der Waals surface area contributed by atoms with Gasteiger partial charge in [0.05, 0.1) is 12.8 Å². The second kappa shape index (κ2) is 4.16. The van der Waals surface area contributed by atoms with E-state index in [1.807, 2.05) is 36.4 Å². The Morgan fingerprint density at radius 1 is 1.16 bits per heavy atom. The number of nitrogens with two attached hydrogens (primary N) is 2. The Balaban J connectivity index is 2.30. The van der Waals surface area contributed by atoms with Crippen molar-refractivity contribution in [1.29, 1.82) is 0 Å². The molecule has 0 bridgehead atoms. The normalized spacial score (nSPS) is 10.8. The van der Waals surface area contributed by atoms with Crippen LogP contribution in [0.4, 0.5) is 11.6 Å². The molecule has 96 valence electrons. The van der Waals surface area contributed by atoms with E-state index in [0.29, 0.717) is 17.1 Å². The van der Waals surface area contributed by atoms with E-state index in [4.69, 9.17) is 16.2 Å². The number of hydrogen-bond acceptors (Lipinski definition) is 5. The number of nitrogens with zero attached hydrogens (tertiary/aromatic N) is 3. The summed E-state index contributed by atoms with van der Waals surface area (Å²) in [6.45, 7) is 0. The van der Waals surface area contributed by atoms with Crippen LogP contribution < -0.4 is 16.2 Å². The number of fused-ring (bicyclic) bond motifs is 1. The smallest absolute Gasteiger partial charge is 0.240 e. The summed E-state index contributed by atoms with van der Waals surface area (Å²) >= 11 is 0. The monoisotopic (exact) mass is 255 g/mol. The van der Waals surface area contributed by atoms with Crippen molar-refractivity contribution < 1.29 is 4.74 Å². The van der Waals surface area contributed by atoms with Gasteiger partial charge in [0.15, 0.2) is 11.4 Å². The van der Waals surface area contributed by atoms with Crippen LogP contribution in [0.5, 0.6) is 5.75 Å². The van der Waals surface area contributed by atoms with Crippen LogP contribution in [0.15, 0.2) is 36.4 Å². The average Bonchev–Trinajstić information content (AvgIpc) is 2.78. The SMILES string of the molecule is COc1ccc(-c2cccc(N)c2)n2nc(N)nc12. The van der Waals surface area contributed by atoms with Gasteiger partial charge in [0.25, 0.3) is 0 Å². The van der Waals surface area contributed by atoms with E-state index in [-0.39, 0.29) is 5.95 Å². The number of rotatable bonds is 2. The molecule has 0 spiro atoms. The zero-order valence-corrected chi connectivity index (χ0v) is 10.4. The topological polar surface area (TPSA) is 91.5 Å². The van der Waals surface area contributed by atoms with Gasteiger partial charge >= 0.3 is 0 Å². The molecule has 0 aliphatic rings. The first kappa shape index (κ1) is 11.3. The summed E-state index contributed by atoms with van der Waals surface area (Å²) in [5.74, 6) is 0.825. The standard InChI is InChI=1S/C13H13N5O/c1-19-11-6-5-10(8-3-2-4-9(14)7-8)18-12(11)16-13(15)17-18/h2-7H,14H2,1H3,(H2,15,17). The third-order valence-electron chi connectivity index (χ3n) is 2.87. The predicted octanol–water partition coefficient (Wildman–Crippen LogP) is 1.57. The lowest BCUT2D eigenvalue weighted by molar-refractivity contribution is 0.416. The largest absolute Gasteiger partial charge is 0.493 e. The van der Waals surface area contributed by atoms with E-state index in [0.717, 1.165) is 11.3 Å². The fraction of sp³-hybridized carbons (Fsp3) is 0.0769. The highest BCUT2D eigenvalue weighted by Gasteiger charge is 2.12. The summed E-state index contributed by atoms with van der Waals surface area (Å²) in [5, 5.41) is 4.19. The van der Waals surface area contributed by atoms with Crippen molar-refractivity contribution in [2.75, 3.05) is 18.6 Å². The molecular weight excluding hydrogens is 242 g/mol. The number of nitrogen functional groups attached to an aromatic ring is 2. The van der Waals surface area contributed by atoms with Gasteiger partial charge in [-0.15, -0.1) is 5.10 Å². The highest BCUT2D eigenvalue weighted by molar-refractivity contribution is 5.70. The number of ether oxygens (including phenoxy) is 1. The number of benzene rings is 1. The van der Waals surface area contributed by atoms with Crippen molar-refractivity contribution in [3.05, 3.63) is 36.4 Å². The van der Waals surface area contributed by atoms with Crippen LogP contribution in [0.3, 0.4) is 0 Å². The molecule has 6 heteroatoms.